The van der Waals surface area contributed by atoms with Crippen molar-refractivity contribution < 1.29 is 22.7 Å². The first-order chi connectivity index (χ1) is 15.6. The fourth-order valence-corrected chi connectivity index (χ4v) is 2.96. The zero-order chi connectivity index (χ0) is 24.4. The highest BCUT2D eigenvalue weighted by Gasteiger charge is 2.30. The zero-order valence-corrected chi connectivity index (χ0v) is 17.8. The van der Waals surface area contributed by atoms with Crippen LogP contribution in [-0.2, 0) is 22.3 Å². The Balaban J connectivity index is 0.000000273. The van der Waals surface area contributed by atoms with Crippen molar-refractivity contribution in [2.75, 3.05) is 13.1 Å². The Morgan fingerprint density at radius 1 is 1.27 bits per heavy atom. The molecule has 0 aliphatic carbocycles. The van der Waals surface area contributed by atoms with Gasteiger partial charge in [-0.15, -0.1) is 0 Å². The van der Waals surface area contributed by atoms with E-state index in [1.807, 2.05) is 0 Å². The van der Waals surface area contributed by atoms with E-state index in [1.165, 1.54) is 36.7 Å². The quantitative estimate of drug-likeness (QED) is 0.294. The average Bonchev–Trinajstić information content (AvgIpc) is 3.27. The summed E-state index contributed by atoms with van der Waals surface area (Å²) >= 11 is 0. The lowest BCUT2D eigenvalue weighted by molar-refractivity contribution is -0.137. The molecule has 3 rings (SSSR count). The lowest BCUT2D eigenvalue weighted by atomic mass is 10.1. The number of ether oxygens (including phenoxy) is 1. The third-order valence-corrected chi connectivity index (χ3v) is 4.75. The van der Waals surface area contributed by atoms with Crippen LogP contribution in [0.4, 0.5) is 13.2 Å². The van der Waals surface area contributed by atoms with Gasteiger partial charge in [-0.05, 0) is 36.3 Å². The van der Waals surface area contributed by atoms with Crippen molar-refractivity contribution in [3.63, 3.8) is 0 Å². The maximum Gasteiger partial charge on any atom is 0.416 e. The minimum Gasteiger partial charge on any atom is -0.397 e. The second-order valence-corrected chi connectivity index (χ2v) is 7.11. The van der Waals surface area contributed by atoms with Gasteiger partial charge in [-0.3, -0.25) is 15.4 Å². The van der Waals surface area contributed by atoms with E-state index in [2.05, 4.69) is 17.0 Å². The highest BCUT2D eigenvalue weighted by molar-refractivity contribution is 5.87. The molecule has 1 aromatic heterocycles. The number of hydrogen-bond acceptors (Lipinski definition) is 6. The fourth-order valence-electron chi connectivity index (χ4n) is 2.96. The lowest BCUT2D eigenvalue weighted by Gasteiger charge is -2.15. The van der Waals surface area contributed by atoms with Gasteiger partial charge in [0.05, 0.1) is 24.0 Å². The summed E-state index contributed by atoms with van der Waals surface area (Å²) in [6.45, 7) is 4.77. The Morgan fingerprint density at radius 3 is 2.52 bits per heavy atom. The number of halogens is 3. The lowest BCUT2D eigenvalue weighted by Crippen LogP contribution is -2.28. The Morgan fingerprint density at radius 2 is 1.97 bits per heavy atom. The third kappa shape index (κ3) is 8.13. The van der Waals surface area contributed by atoms with Gasteiger partial charge in [-0.2, -0.15) is 13.2 Å². The molecule has 1 aliphatic rings. The van der Waals surface area contributed by atoms with E-state index in [9.17, 15) is 22.8 Å². The van der Waals surface area contributed by atoms with Crippen LogP contribution in [0.25, 0.3) is 5.70 Å². The van der Waals surface area contributed by atoms with Gasteiger partial charge in [0.2, 0.25) is 11.5 Å². The smallest absolute Gasteiger partial charge is 0.397 e. The predicted molar refractivity (Wildman–Crippen MR) is 118 cm³/mol. The van der Waals surface area contributed by atoms with E-state index < -0.39 is 11.7 Å². The van der Waals surface area contributed by atoms with Crippen molar-refractivity contribution in [1.29, 1.82) is 0 Å². The van der Waals surface area contributed by atoms with Crippen LogP contribution in [0.15, 0.2) is 66.2 Å². The van der Waals surface area contributed by atoms with E-state index in [4.69, 9.17) is 16.3 Å². The Hall–Kier alpha value is -3.57. The molecule has 1 fully saturated rings. The number of rotatable bonds is 6. The molecule has 11 heteroatoms. The average molecular weight is 465 g/mol. The van der Waals surface area contributed by atoms with Gasteiger partial charge in [0.1, 0.15) is 0 Å². The van der Waals surface area contributed by atoms with Gasteiger partial charge < -0.3 is 25.8 Å². The van der Waals surface area contributed by atoms with E-state index in [-0.39, 0.29) is 24.2 Å². The van der Waals surface area contributed by atoms with Crippen LogP contribution in [0.5, 0.6) is 0 Å². The number of likely N-dealkylation sites (tertiary alicyclic amines) is 1. The van der Waals surface area contributed by atoms with Crippen LogP contribution in [0.3, 0.4) is 0 Å². The maximum absolute atomic E-state index is 12.4. The first-order valence-electron chi connectivity index (χ1n) is 9.94. The monoisotopic (exact) mass is 465 g/mol. The number of amides is 1. The summed E-state index contributed by atoms with van der Waals surface area (Å²) < 4.78 is 42.9. The van der Waals surface area contributed by atoms with E-state index in [0.717, 1.165) is 18.6 Å². The molecule has 6 N–H and O–H groups in total. The second-order valence-electron chi connectivity index (χ2n) is 7.11. The zero-order valence-electron chi connectivity index (χ0n) is 17.8. The Kier molecular flexibility index (Phi) is 9.25. The molecular weight excluding hydrogens is 439 g/mol. The van der Waals surface area contributed by atoms with E-state index >= 15 is 0 Å². The van der Waals surface area contributed by atoms with Crippen molar-refractivity contribution in [3.8, 4) is 0 Å². The van der Waals surface area contributed by atoms with Gasteiger partial charge in [-0.1, -0.05) is 18.7 Å². The third-order valence-electron chi connectivity index (χ3n) is 4.75. The number of pyridine rings is 1. The predicted octanol–water partition coefficient (Wildman–Crippen LogP) is 2.10. The Bertz CT molecular complexity index is 999. The molecule has 178 valence electrons. The van der Waals surface area contributed by atoms with Gasteiger partial charge in [0.25, 0.3) is 0 Å². The minimum absolute atomic E-state index is 0.0869. The van der Waals surface area contributed by atoms with Gasteiger partial charge in [0.15, 0.2) is 0 Å². The van der Waals surface area contributed by atoms with E-state index in [1.54, 1.807) is 11.0 Å². The largest absolute Gasteiger partial charge is 0.416 e. The number of nitrogens with one attached hydrogen (secondary N) is 2. The molecule has 8 nitrogen and oxygen atoms in total. The summed E-state index contributed by atoms with van der Waals surface area (Å²) in [7, 11) is 0. The number of aromatic amines is 1. The molecule has 0 bridgehead atoms. The number of aromatic nitrogens is 1. The number of H-pyrrole nitrogens is 1. The van der Waals surface area contributed by atoms with Crippen LogP contribution >= 0.6 is 0 Å². The molecule has 1 amide bonds. The molecule has 1 saturated heterocycles. The summed E-state index contributed by atoms with van der Waals surface area (Å²) in [5.41, 5.74) is 8.88. The van der Waals surface area contributed by atoms with Crippen LogP contribution in [0.2, 0.25) is 0 Å². The van der Waals surface area contributed by atoms with Crippen molar-refractivity contribution in [3.05, 3.63) is 88.5 Å². The SMILES string of the molecule is C=CC(=O)N1CCC(OCc2ccc(C(F)(F)F)cc2)C1.NN/C=C(\N)c1ccc(=O)[nH]c1. The standard InChI is InChI=1S/C15H16F3NO2.C7H10N4O/c1-2-14(20)19-8-7-13(9-19)21-10-11-3-5-12(6-4-11)15(16,17)18;8-6(4-11-9)5-1-2-7(12)10-3-5/h2-6,13H,1,7-10H2;1-4,11H,8-9H2,(H,10,12)/b;6-4-. The molecule has 1 unspecified atom stereocenters. The van der Waals surface area contributed by atoms with Crippen molar-refractivity contribution in [2.45, 2.75) is 25.3 Å². The highest BCUT2D eigenvalue weighted by atomic mass is 19.4. The number of carbonyl (C=O) groups is 1. The van der Waals surface area contributed by atoms with Crippen molar-refractivity contribution in [2.24, 2.45) is 11.6 Å². The fraction of sp³-hybridized carbons (Fsp3) is 0.273. The van der Waals surface area contributed by atoms with Crippen LogP contribution < -0.4 is 22.6 Å². The molecule has 1 aromatic carbocycles. The number of nitrogens with zero attached hydrogens (tertiary/aromatic N) is 1. The molecule has 2 heterocycles. The van der Waals surface area contributed by atoms with Gasteiger partial charge >= 0.3 is 6.18 Å². The number of carbonyl (C=O) groups excluding carboxylic acids is 1. The summed E-state index contributed by atoms with van der Waals surface area (Å²) in [5, 5.41) is 0. The minimum atomic E-state index is -4.32. The number of hydrogen-bond donors (Lipinski definition) is 4. The molecule has 0 radical (unpaired) electrons. The summed E-state index contributed by atoms with van der Waals surface area (Å²) in [6.07, 6.45) is 0.532. The maximum atomic E-state index is 12.4. The highest BCUT2D eigenvalue weighted by Crippen LogP contribution is 2.29. The normalized spacial score (nSPS) is 16.1. The molecule has 0 spiro atoms. The Labute approximate surface area is 188 Å². The molecule has 2 aromatic rings. The number of nitrogens with two attached hydrogens (primary N) is 2. The van der Waals surface area contributed by atoms with E-state index in [0.29, 0.717) is 29.9 Å². The second kappa shape index (κ2) is 11.9. The molecule has 33 heavy (non-hydrogen) atoms. The van der Waals surface area contributed by atoms with Crippen LogP contribution in [-0.4, -0.2) is 35.0 Å². The summed E-state index contributed by atoms with van der Waals surface area (Å²) in [4.78, 5) is 26.2. The van der Waals surface area contributed by atoms with Gasteiger partial charge in [-0.25, -0.2) is 0 Å². The molecule has 1 aliphatic heterocycles. The molecule has 1 atom stereocenters. The molecular formula is C22H26F3N5O3. The summed E-state index contributed by atoms with van der Waals surface area (Å²) in [5.74, 6) is 4.89. The number of alkyl halides is 3. The van der Waals surface area contributed by atoms with Gasteiger partial charge in [0, 0.05) is 37.1 Å². The number of hydrazine groups is 1. The van der Waals surface area contributed by atoms with Crippen molar-refractivity contribution >= 4 is 11.6 Å². The van der Waals surface area contributed by atoms with Crippen molar-refractivity contribution in [1.82, 2.24) is 15.3 Å². The first kappa shape index (κ1) is 25.7. The van der Waals surface area contributed by atoms with Crippen LogP contribution in [0, 0.1) is 0 Å². The molecule has 0 saturated carbocycles. The van der Waals surface area contributed by atoms with Crippen LogP contribution in [0.1, 0.15) is 23.1 Å². The summed E-state index contributed by atoms with van der Waals surface area (Å²) in [6, 6.07) is 7.91. The number of benzene rings is 1. The first-order valence-corrected chi connectivity index (χ1v) is 9.94. The topological polar surface area (TPSA) is 126 Å².